The van der Waals surface area contributed by atoms with Gasteiger partial charge in [0.1, 0.15) is 17.5 Å². The summed E-state index contributed by atoms with van der Waals surface area (Å²) >= 11 is 0. The second-order valence-corrected chi connectivity index (χ2v) is 10.8. The fourth-order valence-electron chi connectivity index (χ4n) is 6.07. The summed E-state index contributed by atoms with van der Waals surface area (Å²) in [6.45, 7) is 8.12. The van der Waals surface area contributed by atoms with Crippen molar-refractivity contribution >= 4 is 34.7 Å². The number of hydrogen-bond donors (Lipinski definition) is 1. The van der Waals surface area contributed by atoms with E-state index in [0.717, 1.165) is 6.92 Å². The molecule has 2 fully saturated rings. The molecule has 7 heteroatoms. The number of aromatic hydroxyl groups is 1. The lowest BCUT2D eigenvalue weighted by Crippen LogP contribution is -2.55. The molecule has 1 aromatic rings. The lowest BCUT2D eigenvalue weighted by molar-refractivity contribution is -0.152. The van der Waals surface area contributed by atoms with Crippen molar-refractivity contribution in [1.82, 2.24) is 0 Å². The molecule has 5 unspecified atom stereocenters. The Morgan fingerprint density at radius 1 is 0.939 bits per heavy atom. The molecule has 3 aliphatic carbocycles. The second-order valence-electron chi connectivity index (χ2n) is 10.8. The van der Waals surface area contributed by atoms with E-state index >= 15 is 0 Å². The first-order valence-electron chi connectivity index (χ1n) is 11.3. The molecule has 0 radical (unpaired) electrons. The van der Waals surface area contributed by atoms with E-state index in [4.69, 9.17) is 0 Å². The minimum Gasteiger partial charge on any atom is -0.507 e. The largest absolute Gasteiger partial charge is 0.507 e. The van der Waals surface area contributed by atoms with Crippen molar-refractivity contribution in [1.29, 1.82) is 0 Å². The maximum absolute atomic E-state index is 13.7. The zero-order chi connectivity index (χ0) is 24.6. The smallest absolute Gasteiger partial charge is 0.177 e. The van der Waals surface area contributed by atoms with Gasteiger partial charge < -0.3 is 5.11 Å². The Morgan fingerprint density at radius 2 is 1.55 bits per heavy atom. The number of ketones is 6. The summed E-state index contributed by atoms with van der Waals surface area (Å²) in [4.78, 5) is 77.0. The van der Waals surface area contributed by atoms with Gasteiger partial charge in [0, 0.05) is 17.5 Å². The zero-order valence-electron chi connectivity index (χ0n) is 19.5. The molecule has 0 saturated heterocycles. The van der Waals surface area contributed by atoms with Crippen LogP contribution in [0.4, 0.5) is 0 Å². The Morgan fingerprint density at radius 3 is 2.09 bits per heavy atom. The summed E-state index contributed by atoms with van der Waals surface area (Å²) < 4.78 is 0. The third-order valence-corrected chi connectivity index (χ3v) is 7.53. The number of carbonyl (C=O) groups excluding carboxylic acids is 6. The molecule has 0 bridgehead atoms. The summed E-state index contributed by atoms with van der Waals surface area (Å²) in [5.74, 6) is -8.14. The van der Waals surface area contributed by atoms with Gasteiger partial charge in [0.15, 0.2) is 28.9 Å². The quantitative estimate of drug-likeness (QED) is 0.541. The first kappa shape index (κ1) is 23.2. The molecule has 174 valence electrons. The molecule has 2 saturated carbocycles. The zero-order valence-corrected chi connectivity index (χ0v) is 19.5. The van der Waals surface area contributed by atoms with Crippen LogP contribution in [0.15, 0.2) is 6.07 Å². The first-order chi connectivity index (χ1) is 15.3. The fraction of sp³-hybridized carbons (Fsp3) is 0.538. The van der Waals surface area contributed by atoms with Crippen molar-refractivity contribution in [3.63, 3.8) is 0 Å². The van der Waals surface area contributed by atoms with E-state index in [1.165, 1.54) is 6.92 Å². The van der Waals surface area contributed by atoms with Crippen LogP contribution in [0.3, 0.4) is 0 Å². The summed E-state index contributed by atoms with van der Waals surface area (Å²) in [5.41, 5.74) is 0.650. The van der Waals surface area contributed by atoms with Crippen molar-refractivity contribution in [2.45, 2.75) is 59.3 Å². The molecule has 0 amide bonds. The van der Waals surface area contributed by atoms with Crippen molar-refractivity contribution in [3.05, 3.63) is 28.3 Å². The normalized spacial score (nSPS) is 29.3. The molecule has 3 aliphatic rings. The van der Waals surface area contributed by atoms with Crippen molar-refractivity contribution in [2.75, 3.05) is 0 Å². The standard InChI is InChI=1S/C26H28O7/c1-10(27)14-9-16(26(3,4)5)22(30)21-15(14)7-12-6-13-8-17(29)18(11(2)28)23(31)20(13)24(32)19(12)25(21)33/h9,12-13,18-20,30H,6-8H2,1-5H3. The number of benzene rings is 1. The average molecular weight is 453 g/mol. The van der Waals surface area contributed by atoms with Gasteiger partial charge in [-0.25, -0.2) is 0 Å². The fourth-order valence-corrected chi connectivity index (χ4v) is 6.07. The summed E-state index contributed by atoms with van der Waals surface area (Å²) in [6, 6.07) is 1.63. The lowest BCUT2D eigenvalue weighted by Gasteiger charge is -2.44. The van der Waals surface area contributed by atoms with Crippen molar-refractivity contribution < 1.29 is 33.9 Å². The lowest BCUT2D eigenvalue weighted by atomic mass is 9.55. The molecular weight excluding hydrogens is 424 g/mol. The minimum atomic E-state index is -1.44. The number of fused-ring (bicyclic) bond motifs is 3. The van der Waals surface area contributed by atoms with Gasteiger partial charge in [0.05, 0.1) is 17.4 Å². The molecule has 0 aromatic heterocycles. The number of hydrogen-bond acceptors (Lipinski definition) is 7. The molecule has 5 atom stereocenters. The van der Waals surface area contributed by atoms with E-state index in [1.807, 2.05) is 20.8 Å². The number of phenols is 1. The van der Waals surface area contributed by atoms with Crippen LogP contribution in [0.5, 0.6) is 5.75 Å². The Bertz CT molecular complexity index is 1150. The topological polar surface area (TPSA) is 123 Å². The van der Waals surface area contributed by atoms with Gasteiger partial charge in [-0.3, -0.25) is 28.8 Å². The van der Waals surface area contributed by atoms with Gasteiger partial charge >= 0.3 is 0 Å². The van der Waals surface area contributed by atoms with Gasteiger partial charge in [-0.2, -0.15) is 0 Å². The highest BCUT2D eigenvalue weighted by Crippen LogP contribution is 2.50. The van der Waals surface area contributed by atoms with Crippen LogP contribution >= 0.6 is 0 Å². The number of rotatable bonds is 2. The summed E-state index contributed by atoms with van der Waals surface area (Å²) in [6.07, 6.45) is 0.476. The van der Waals surface area contributed by atoms with Crippen molar-refractivity contribution in [2.24, 2.45) is 29.6 Å². The molecule has 33 heavy (non-hydrogen) atoms. The SMILES string of the molecule is CC(=O)c1cc(C(C)(C)C)c(O)c2c1CC1CC3CC(=O)C(C(C)=O)C(=O)C3C(=O)C1C2=O. The van der Waals surface area contributed by atoms with Gasteiger partial charge in [-0.15, -0.1) is 0 Å². The second kappa shape index (κ2) is 7.54. The predicted molar refractivity (Wildman–Crippen MR) is 117 cm³/mol. The van der Waals surface area contributed by atoms with Gasteiger partial charge in [0.2, 0.25) is 0 Å². The van der Waals surface area contributed by atoms with Crippen LogP contribution in [0.25, 0.3) is 0 Å². The Balaban J connectivity index is 1.85. The van der Waals surface area contributed by atoms with Crippen LogP contribution < -0.4 is 0 Å². The molecule has 0 aliphatic heterocycles. The van der Waals surface area contributed by atoms with Gasteiger partial charge in [-0.05, 0) is 55.6 Å². The molecule has 0 heterocycles. The van der Waals surface area contributed by atoms with Crippen LogP contribution in [0.2, 0.25) is 0 Å². The molecule has 7 nitrogen and oxygen atoms in total. The monoisotopic (exact) mass is 452 g/mol. The van der Waals surface area contributed by atoms with Crippen LogP contribution in [0.1, 0.15) is 79.3 Å². The van der Waals surface area contributed by atoms with Crippen molar-refractivity contribution in [3.8, 4) is 5.75 Å². The molecular formula is C26H28O7. The third-order valence-electron chi connectivity index (χ3n) is 7.53. The summed E-state index contributed by atoms with van der Waals surface area (Å²) in [5, 5.41) is 11.1. The highest BCUT2D eigenvalue weighted by molar-refractivity contribution is 6.28. The molecule has 4 rings (SSSR count). The third kappa shape index (κ3) is 3.40. The summed E-state index contributed by atoms with van der Waals surface area (Å²) in [7, 11) is 0. The Hall–Kier alpha value is -2.96. The molecule has 0 spiro atoms. The van der Waals surface area contributed by atoms with Crippen LogP contribution in [-0.2, 0) is 31.0 Å². The number of Topliss-reactive ketones (excluding diaryl/α,β-unsaturated/α-hetero) is 6. The van der Waals surface area contributed by atoms with Crippen LogP contribution in [-0.4, -0.2) is 39.8 Å². The predicted octanol–water partition coefficient (Wildman–Crippen LogP) is 2.82. The van der Waals surface area contributed by atoms with E-state index in [2.05, 4.69) is 0 Å². The highest BCUT2D eigenvalue weighted by Gasteiger charge is 2.57. The van der Waals surface area contributed by atoms with E-state index in [9.17, 15) is 33.9 Å². The van der Waals surface area contributed by atoms with E-state index < -0.39 is 63.9 Å². The van der Waals surface area contributed by atoms with E-state index in [1.54, 1.807) is 6.07 Å². The van der Waals surface area contributed by atoms with E-state index in [0.29, 0.717) is 23.1 Å². The maximum atomic E-state index is 13.7. The minimum absolute atomic E-state index is 0.0110. The Labute approximate surface area is 191 Å². The Kier molecular flexibility index (Phi) is 5.30. The number of carbonyl (C=O) groups is 6. The van der Waals surface area contributed by atoms with Gasteiger partial charge in [-0.1, -0.05) is 20.8 Å². The molecule has 1 N–H and O–H groups in total. The molecule has 1 aromatic carbocycles. The maximum Gasteiger partial charge on any atom is 0.177 e. The average Bonchev–Trinajstić information content (AvgIpc) is 2.65. The van der Waals surface area contributed by atoms with Crippen LogP contribution in [0, 0.1) is 29.6 Å². The highest BCUT2D eigenvalue weighted by atomic mass is 16.3. The van der Waals surface area contributed by atoms with E-state index in [-0.39, 0.29) is 29.9 Å². The van der Waals surface area contributed by atoms with Gasteiger partial charge in [0.25, 0.3) is 0 Å². The number of phenolic OH excluding ortho intramolecular Hbond substituents is 1. The first-order valence-corrected chi connectivity index (χ1v) is 11.3.